The largest absolute Gasteiger partial charge is 0.493 e. The lowest BCUT2D eigenvalue weighted by Crippen LogP contribution is -2.19. The molecule has 0 saturated carbocycles. The van der Waals surface area contributed by atoms with E-state index in [1.165, 1.54) is 0 Å². The van der Waals surface area contributed by atoms with Gasteiger partial charge < -0.3 is 4.74 Å². The second kappa shape index (κ2) is 6.55. The van der Waals surface area contributed by atoms with E-state index in [1.54, 1.807) is 0 Å². The summed E-state index contributed by atoms with van der Waals surface area (Å²) >= 11 is 10.5. The Hall–Kier alpha value is -0.340. The van der Waals surface area contributed by atoms with Gasteiger partial charge in [-0.1, -0.05) is 25.4 Å². The molecule has 1 unspecified atom stereocenters. The molecule has 0 radical (unpaired) electrons. The van der Waals surface area contributed by atoms with Crippen molar-refractivity contribution >= 4 is 24.2 Å². The Morgan fingerprint density at radius 1 is 1.24 bits per heavy atom. The Balaban J connectivity index is 2.69. The van der Waals surface area contributed by atoms with E-state index in [0.717, 1.165) is 27.7 Å². The third-order valence-corrected chi connectivity index (χ3v) is 4.12. The maximum atomic E-state index is 6.12. The van der Waals surface area contributed by atoms with Crippen LogP contribution in [-0.4, -0.2) is 12.4 Å². The smallest absolute Gasteiger partial charge is 0.119 e. The van der Waals surface area contributed by atoms with Crippen LogP contribution < -0.4 is 4.74 Å². The molecule has 1 rings (SSSR count). The molecule has 0 aliphatic heterocycles. The van der Waals surface area contributed by atoms with Crippen molar-refractivity contribution in [1.29, 1.82) is 0 Å². The standard InChI is InChI=1S/C14H21ClOS/c1-9(2)12(8-17)7-16-13-5-10(3)14(15)11(4)6-13/h5-6,9,12,17H,7-8H2,1-4H3. The van der Waals surface area contributed by atoms with Gasteiger partial charge >= 0.3 is 0 Å². The summed E-state index contributed by atoms with van der Waals surface area (Å²) in [6, 6.07) is 3.98. The molecule has 96 valence electrons. The van der Waals surface area contributed by atoms with Crippen LogP contribution in [0.1, 0.15) is 25.0 Å². The molecule has 0 fully saturated rings. The molecular formula is C14H21ClOS. The summed E-state index contributed by atoms with van der Waals surface area (Å²) in [6.07, 6.45) is 0. The average Bonchev–Trinajstić information content (AvgIpc) is 2.26. The maximum Gasteiger partial charge on any atom is 0.119 e. The zero-order chi connectivity index (χ0) is 13.0. The van der Waals surface area contributed by atoms with Crippen molar-refractivity contribution in [3.05, 3.63) is 28.3 Å². The number of hydrogen-bond acceptors (Lipinski definition) is 2. The van der Waals surface area contributed by atoms with Crippen LogP contribution >= 0.6 is 24.2 Å². The van der Waals surface area contributed by atoms with Crippen LogP contribution in [0.2, 0.25) is 5.02 Å². The number of thiol groups is 1. The second-order valence-corrected chi connectivity index (χ2v) is 5.61. The molecule has 17 heavy (non-hydrogen) atoms. The third-order valence-electron chi connectivity index (χ3n) is 3.05. The van der Waals surface area contributed by atoms with Gasteiger partial charge in [0.05, 0.1) is 6.61 Å². The zero-order valence-electron chi connectivity index (χ0n) is 11.0. The van der Waals surface area contributed by atoms with E-state index in [1.807, 2.05) is 26.0 Å². The molecule has 0 saturated heterocycles. The summed E-state index contributed by atoms with van der Waals surface area (Å²) in [6.45, 7) is 9.11. The van der Waals surface area contributed by atoms with Crippen molar-refractivity contribution in [3.63, 3.8) is 0 Å². The van der Waals surface area contributed by atoms with Crippen LogP contribution in [0.4, 0.5) is 0 Å². The lowest BCUT2D eigenvalue weighted by atomic mass is 9.99. The van der Waals surface area contributed by atoms with Gasteiger partial charge in [0.25, 0.3) is 0 Å². The average molecular weight is 273 g/mol. The summed E-state index contributed by atoms with van der Waals surface area (Å²) < 4.78 is 5.83. The molecular weight excluding hydrogens is 252 g/mol. The third kappa shape index (κ3) is 4.11. The minimum Gasteiger partial charge on any atom is -0.493 e. The molecule has 0 N–H and O–H groups in total. The quantitative estimate of drug-likeness (QED) is 0.775. The molecule has 0 amide bonds. The molecule has 1 aromatic carbocycles. The monoisotopic (exact) mass is 272 g/mol. The van der Waals surface area contributed by atoms with E-state index in [4.69, 9.17) is 16.3 Å². The van der Waals surface area contributed by atoms with Crippen molar-refractivity contribution in [2.75, 3.05) is 12.4 Å². The number of halogens is 1. The van der Waals surface area contributed by atoms with Gasteiger partial charge in [-0.15, -0.1) is 0 Å². The normalized spacial score (nSPS) is 12.9. The van der Waals surface area contributed by atoms with Crippen molar-refractivity contribution < 1.29 is 4.74 Å². The Labute approximate surface area is 115 Å². The minimum absolute atomic E-state index is 0.481. The van der Waals surface area contributed by atoms with Crippen LogP contribution in [0.25, 0.3) is 0 Å². The van der Waals surface area contributed by atoms with Gasteiger partial charge in [-0.05, 0) is 48.8 Å². The van der Waals surface area contributed by atoms with Crippen LogP contribution in [0, 0.1) is 25.7 Å². The SMILES string of the molecule is Cc1cc(OCC(CS)C(C)C)cc(C)c1Cl. The lowest BCUT2D eigenvalue weighted by molar-refractivity contribution is 0.227. The van der Waals surface area contributed by atoms with Gasteiger partial charge in [0.1, 0.15) is 5.75 Å². The first-order valence-electron chi connectivity index (χ1n) is 5.96. The molecule has 0 spiro atoms. The number of rotatable bonds is 5. The van der Waals surface area contributed by atoms with E-state index in [-0.39, 0.29) is 0 Å². The van der Waals surface area contributed by atoms with E-state index < -0.39 is 0 Å². The summed E-state index contributed by atoms with van der Waals surface area (Å²) in [5, 5.41) is 0.826. The van der Waals surface area contributed by atoms with E-state index in [9.17, 15) is 0 Å². The van der Waals surface area contributed by atoms with Crippen LogP contribution in [0.15, 0.2) is 12.1 Å². The molecule has 0 aliphatic carbocycles. The topological polar surface area (TPSA) is 9.23 Å². The molecule has 0 aromatic heterocycles. The molecule has 1 aromatic rings. The molecule has 1 nitrogen and oxygen atoms in total. The second-order valence-electron chi connectivity index (χ2n) is 4.87. The van der Waals surface area contributed by atoms with Gasteiger partial charge in [-0.25, -0.2) is 0 Å². The van der Waals surface area contributed by atoms with Gasteiger partial charge in [-0.3, -0.25) is 0 Å². The van der Waals surface area contributed by atoms with Crippen molar-refractivity contribution in [2.24, 2.45) is 11.8 Å². The van der Waals surface area contributed by atoms with Gasteiger partial charge in [-0.2, -0.15) is 12.6 Å². The Morgan fingerprint density at radius 3 is 2.18 bits per heavy atom. The van der Waals surface area contributed by atoms with Gasteiger partial charge in [0.2, 0.25) is 0 Å². The van der Waals surface area contributed by atoms with Crippen LogP contribution in [0.5, 0.6) is 5.75 Å². The Bertz CT molecular complexity index is 353. The zero-order valence-corrected chi connectivity index (χ0v) is 12.6. The number of aryl methyl sites for hydroxylation is 2. The molecule has 0 aliphatic rings. The molecule has 3 heteroatoms. The van der Waals surface area contributed by atoms with Crippen LogP contribution in [0.3, 0.4) is 0 Å². The highest BCUT2D eigenvalue weighted by molar-refractivity contribution is 7.80. The Morgan fingerprint density at radius 2 is 1.76 bits per heavy atom. The highest BCUT2D eigenvalue weighted by Gasteiger charge is 2.13. The van der Waals surface area contributed by atoms with Crippen molar-refractivity contribution in [2.45, 2.75) is 27.7 Å². The van der Waals surface area contributed by atoms with Gasteiger partial charge in [0.15, 0.2) is 0 Å². The fourth-order valence-corrected chi connectivity index (χ4v) is 2.28. The summed E-state index contributed by atoms with van der Waals surface area (Å²) in [7, 11) is 0. The first kappa shape index (κ1) is 14.7. The first-order valence-corrected chi connectivity index (χ1v) is 6.97. The summed E-state index contributed by atoms with van der Waals surface area (Å²) in [5.74, 6) is 2.82. The number of ether oxygens (including phenoxy) is 1. The first-order chi connectivity index (χ1) is 7.95. The lowest BCUT2D eigenvalue weighted by Gasteiger charge is -2.19. The molecule has 1 atom stereocenters. The number of benzene rings is 1. The highest BCUT2D eigenvalue weighted by atomic mass is 35.5. The summed E-state index contributed by atoms with van der Waals surface area (Å²) in [5.41, 5.74) is 2.13. The number of hydrogen-bond donors (Lipinski definition) is 1. The van der Waals surface area contributed by atoms with Crippen molar-refractivity contribution in [3.8, 4) is 5.75 Å². The fraction of sp³-hybridized carbons (Fsp3) is 0.571. The van der Waals surface area contributed by atoms with Crippen LogP contribution in [-0.2, 0) is 0 Å². The molecule has 0 heterocycles. The van der Waals surface area contributed by atoms with Crippen molar-refractivity contribution in [1.82, 2.24) is 0 Å². The molecule has 0 bridgehead atoms. The maximum absolute atomic E-state index is 6.12. The van der Waals surface area contributed by atoms with E-state index in [0.29, 0.717) is 18.4 Å². The fourth-order valence-electron chi connectivity index (χ4n) is 1.65. The predicted molar refractivity (Wildman–Crippen MR) is 78.6 cm³/mol. The van der Waals surface area contributed by atoms with E-state index >= 15 is 0 Å². The highest BCUT2D eigenvalue weighted by Crippen LogP contribution is 2.26. The predicted octanol–water partition coefficient (Wildman–Crippen LogP) is 4.54. The minimum atomic E-state index is 0.481. The van der Waals surface area contributed by atoms with Gasteiger partial charge in [0, 0.05) is 10.9 Å². The van der Waals surface area contributed by atoms with E-state index in [2.05, 4.69) is 26.5 Å². The summed E-state index contributed by atoms with van der Waals surface area (Å²) in [4.78, 5) is 0. The Kier molecular flexibility index (Phi) is 5.68.